The number of hydrogen-bond donors (Lipinski definition) is 2. The number of rotatable bonds is 7. The van der Waals surface area contributed by atoms with Crippen LogP contribution in [0.15, 0.2) is 23.2 Å². The molecule has 1 fully saturated rings. The molecule has 1 amide bonds. The van der Waals surface area contributed by atoms with E-state index < -0.39 is 18.0 Å². The van der Waals surface area contributed by atoms with Gasteiger partial charge < -0.3 is 15.1 Å². The number of carbonyl (C=O) groups is 2. The van der Waals surface area contributed by atoms with Crippen LogP contribution in [-0.2, 0) is 16.1 Å². The molecular weight excluding hydrogens is 432 g/mol. The quantitative estimate of drug-likeness (QED) is 0.210. The van der Waals surface area contributed by atoms with E-state index in [2.05, 4.69) is 0 Å². The Morgan fingerprint density at radius 1 is 1.50 bits per heavy atom. The molecule has 4 atom stereocenters. The smallest absolute Gasteiger partial charge is 0.352 e. The van der Waals surface area contributed by atoms with E-state index in [1.54, 1.807) is 13.3 Å². The zero-order valence-corrected chi connectivity index (χ0v) is 18.1. The monoisotopic (exact) mass is 453 g/mol. The first kappa shape index (κ1) is 20.8. The molecule has 2 aliphatic heterocycles. The molecule has 1 saturated heterocycles. The van der Waals surface area contributed by atoms with E-state index in [-0.39, 0.29) is 41.6 Å². The normalized spacial score (nSPS) is 24.3. The third kappa shape index (κ3) is 2.93. The summed E-state index contributed by atoms with van der Waals surface area (Å²) >= 11 is 2.86. The van der Waals surface area contributed by atoms with Gasteiger partial charge in [-0.3, -0.25) is 14.9 Å². The number of carbonyl (C=O) groups excluding carboxylic acids is 1. The fraction of sp³-hybridized carbons (Fsp3) is 0.500. The molecule has 0 saturated carbocycles. The lowest BCUT2D eigenvalue weighted by atomic mass is 9.77. The molecule has 0 radical (unpaired) electrons. The molecule has 0 bridgehead atoms. The van der Waals surface area contributed by atoms with Gasteiger partial charge in [-0.15, -0.1) is 0 Å². The van der Waals surface area contributed by atoms with Crippen molar-refractivity contribution >= 4 is 45.4 Å². The second-order valence-electron chi connectivity index (χ2n) is 7.50. The molecule has 2 aromatic heterocycles. The topological polar surface area (TPSA) is 129 Å². The lowest BCUT2D eigenvalue weighted by molar-refractivity contribution is -0.747. The van der Waals surface area contributed by atoms with Gasteiger partial charge in [-0.1, -0.05) is 30.0 Å². The number of carboxylic acids is 1. The molecule has 0 aliphatic carbocycles. The molecule has 4 heterocycles. The first-order chi connectivity index (χ1) is 14.2. The summed E-state index contributed by atoms with van der Waals surface area (Å²) in [7, 11) is 0. The zero-order chi connectivity index (χ0) is 21.9. The molecule has 10 nitrogen and oxygen atoms in total. The minimum Gasteiger partial charge on any atom is -0.477 e. The summed E-state index contributed by atoms with van der Waals surface area (Å²) in [6, 6.07) is -0.370. The highest BCUT2D eigenvalue weighted by atomic mass is 32.2. The highest BCUT2D eigenvalue weighted by Crippen LogP contribution is 2.51. The van der Waals surface area contributed by atoms with Crippen molar-refractivity contribution in [1.29, 1.82) is 0 Å². The second kappa shape index (κ2) is 7.36. The fourth-order valence-corrected chi connectivity index (χ4v) is 6.71. The van der Waals surface area contributed by atoms with E-state index >= 15 is 0 Å². The summed E-state index contributed by atoms with van der Waals surface area (Å²) in [6.07, 6.45) is 4.61. The van der Waals surface area contributed by atoms with Gasteiger partial charge in [0.15, 0.2) is 6.54 Å². The average molecular weight is 454 g/mol. The maximum atomic E-state index is 12.5. The van der Waals surface area contributed by atoms with Crippen LogP contribution in [0, 0.1) is 22.0 Å². The summed E-state index contributed by atoms with van der Waals surface area (Å²) in [6.45, 7) is 3.49. The third-order valence-electron chi connectivity index (χ3n) is 5.76. The van der Waals surface area contributed by atoms with Crippen molar-refractivity contribution in [2.24, 2.45) is 11.8 Å². The zero-order valence-electron chi connectivity index (χ0n) is 16.5. The Bertz CT molecular complexity index is 1100. The number of carboxylic acid groups (broad SMARTS) is 1. The van der Waals surface area contributed by atoms with Crippen LogP contribution in [0.5, 0.6) is 0 Å². The lowest BCUT2D eigenvalue weighted by Crippen LogP contribution is -2.63. The maximum Gasteiger partial charge on any atom is 0.352 e. The van der Waals surface area contributed by atoms with Crippen LogP contribution in [0.25, 0.3) is 10.4 Å². The van der Waals surface area contributed by atoms with Crippen LogP contribution < -0.4 is 4.57 Å². The van der Waals surface area contributed by atoms with Crippen molar-refractivity contribution < 1.29 is 29.3 Å². The van der Waals surface area contributed by atoms with Crippen molar-refractivity contribution in [1.82, 2.24) is 9.30 Å². The Labute approximate surface area is 179 Å². The molecule has 0 aromatic carbocycles. The summed E-state index contributed by atoms with van der Waals surface area (Å²) in [5, 5.41) is 31.4. The number of aliphatic hydroxyl groups is 1. The van der Waals surface area contributed by atoms with Gasteiger partial charge in [0.1, 0.15) is 11.9 Å². The molecule has 0 spiro atoms. The van der Waals surface area contributed by atoms with Gasteiger partial charge in [0.05, 0.1) is 22.9 Å². The highest BCUT2D eigenvalue weighted by Gasteiger charge is 2.60. The minimum absolute atomic E-state index is 0.0224. The number of nitrogens with zero attached hydrogens (tertiary/aromatic N) is 4. The van der Waals surface area contributed by atoms with Crippen LogP contribution in [0.1, 0.15) is 18.7 Å². The van der Waals surface area contributed by atoms with Gasteiger partial charge in [-0.05, 0) is 13.2 Å². The van der Waals surface area contributed by atoms with Crippen molar-refractivity contribution in [3.8, 4) is 0 Å². The molecular formula is C18H21N4O6S2+. The fourth-order valence-electron chi connectivity index (χ4n) is 4.50. The van der Waals surface area contributed by atoms with E-state index in [0.29, 0.717) is 5.57 Å². The number of fused-ring (bicyclic) bond motifs is 2. The number of amides is 1. The van der Waals surface area contributed by atoms with Gasteiger partial charge in [0, 0.05) is 16.4 Å². The summed E-state index contributed by atoms with van der Waals surface area (Å²) < 4.78 is 3.66. The molecule has 2 aliphatic rings. The first-order valence-corrected chi connectivity index (χ1v) is 11.4. The van der Waals surface area contributed by atoms with Crippen molar-refractivity contribution in [2.45, 2.75) is 37.6 Å². The number of thioether (sulfide) groups is 1. The largest absolute Gasteiger partial charge is 0.477 e. The van der Waals surface area contributed by atoms with Gasteiger partial charge >= 0.3 is 5.97 Å². The standard InChI is InChI=1S/C18H20N4O6S2/c1-8-11(14(18(25)26)22-13(8)12(9(2)23)15(22)24)10-6-20-7-19(4-5-21(27)28)16(29-3)17(20)30-10/h6-9,12-13,23H,4-5H2,1-3H3/p+1/t8-,9+,12+,13+/m0/s1. The predicted molar refractivity (Wildman–Crippen MR) is 109 cm³/mol. The summed E-state index contributed by atoms with van der Waals surface area (Å²) in [5.74, 6) is -2.37. The number of hydrogen-bond acceptors (Lipinski definition) is 7. The molecule has 160 valence electrons. The number of nitro groups is 1. The number of imidazole rings is 1. The lowest BCUT2D eigenvalue weighted by Gasteiger charge is -2.46. The summed E-state index contributed by atoms with van der Waals surface area (Å²) in [5.41, 5.74) is 0.562. The van der Waals surface area contributed by atoms with Gasteiger partial charge in [-0.25, -0.2) is 9.36 Å². The number of β-lactam (4-membered cyclic amide) rings is 1. The van der Waals surface area contributed by atoms with Crippen molar-refractivity contribution in [3.63, 3.8) is 0 Å². The van der Waals surface area contributed by atoms with E-state index in [1.807, 2.05) is 28.3 Å². The maximum absolute atomic E-state index is 12.5. The van der Waals surface area contributed by atoms with E-state index in [1.165, 1.54) is 28.0 Å². The van der Waals surface area contributed by atoms with Gasteiger partial charge in [0.2, 0.25) is 22.3 Å². The average Bonchev–Trinajstić information content (AvgIpc) is 3.26. The Balaban J connectivity index is 1.78. The Hall–Kier alpha value is -2.44. The molecule has 12 heteroatoms. The summed E-state index contributed by atoms with van der Waals surface area (Å²) in [4.78, 5) is 37.8. The van der Waals surface area contributed by atoms with Crippen molar-refractivity contribution in [2.75, 3.05) is 12.8 Å². The van der Waals surface area contributed by atoms with Crippen LogP contribution in [-0.4, -0.2) is 61.3 Å². The first-order valence-electron chi connectivity index (χ1n) is 9.36. The Morgan fingerprint density at radius 3 is 2.77 bits per heavy atom. The number of thiazole rings is 1. The van der Waals surface area contributed by atoms with Gasteiger partial charge in [0.25, 0.3) is 6.33 Å². The molecule has 2 N–H and O–H groups in total. The van der Waals surface area contributed by atoms with Crippen LogP contribution in [0.2, 0.25) is 0 Å². The predicted octanol–water partition coefficient (Wildman–Crippen LogP) is 0.940. The molecule has 2 aromatic rings. The number of aliphatic hydroxyl groups excluding tert-OH is 1. The SMILES string of the molecule is CSc1c2sc(C3=C(C(=O)O)N4C(=O)[C@H]([C@@H](C)O)[C@H]4[C@H]3C)cn2c[n+]1CC[N+](=O)[O-]. The van der Waals surface area contributed by atoms with Crippen LogP contribution in [0.4, 0.5) is 0 Å². The number of aromatic nitrogens is 2. The third-order valence-corrected chi connectivity index (χ3v) is 7.85. The van der Waals surface area contributed by atoms with E-state index in [9.17, 15) is 29.9 Å². The Kier molecular flexibility index (Phi) is 5.11. The molecule has 0 unspecified atom stereocenters. The van der Waals surface area contributed by atoms with E-state index in [0.717, 1.165) is 14.7 Å². The second-order valence-corrected chi connectivity index (χ2v) is 9.33. The van der Waals surface area contributed by atoms with Gasteiger partial charge in [-0.2, -0.15) is 4.40 Å². The molecule has 30 heavy (non-hydrogen) atoms. The van der Waals surface area contributed by atoms with E-state index in [4.69, 9.17) is 0 Å². The Morgan fingerprint density at radius 2 is 2.20 bits per heavy atom. The molecule has 4 rings (SSSR count). The number of aliphatic carboxylic acids is 1. The van der Waals surface area contributed by atoms with Crippen LogP contribution >= 0.6 is 23.1 Å². The minimum atomic E-state index is -1.17. The van der Waals surface area contributed by atoms with Crippen molar-refractivity contribution in [3.05, 3.63) is 33.2 Å². The van der Waals surface area contributed by atoms with Crippen LogP contribution in [0.3, 0.4) is 0 Å². The highest BCUT2D eigenvalue weighted by molar-refractivity contribution is 7.98.